The number of phenols is 1. The maximum atomic E-state index is 13.4. The molecule has 0 saturated carbocycles. The largest absolute Gasteiger partial charge is 0.508 e. The number of aromatic amines is 1. The molecule has 0 radical (unpaired) electrons. The summed E-state index contributed by atoms with van der Waals surface area (Å²) in [6.07, 6.45) is 1.72. The molecule has 1 amide bonds. The molecular formula is C21H25N5O2. The van der Waals surface area contributed by atoms with Gasteiger partial charge in [-0.25, -0.2) is 4.98 Å². The Bertz CT molecular complexity index is 1010. The van der Waals surface area contributed by atoms with Gasteiger partial charge in [0.1, 0.15) is 5.75 Å². The number of amides is 1. The number of benzene rings is 1. The van der Waals surface area contributed by atoms with Gasteiger partial charge in [0.05, 0.1) is 16.6 Å². The number of likely N-dealkylation sites (tertiary alicyclic amines) is 1. The molecule has 3 heterocycles. The number of aromatic hydroxyl groups is 1. The number of hydrogen-bond acceptors (Lipinski definition) is 5. The number of hydrogen-bond donors (Lipinski definition) is 2. The number of carbonyl (C=O) groups excluding carboxylic acids is 1. The molecule has 1 fully saturated rings. The summed E-state index contributed by atoms with van der Waals surface area (Å²) in [5.41, 5.74) is 3.62. The van der Waals surface area contributed by atoms with Gasteiger partial charge in [0.15, 0.2) is 5.65 Å². The molecule has 0 unspecified atom stereocenters. The highest BCUT2D eigenvalue weighted by atomic mass is 16.3. The van der Waals surface area contributed by atoms with E-state index in [0.29, 0.717) is 22.9 Å². The summed E-state index contributed by atoms with van der Waals surface area (Å²) in [7, 11) is 4.11. The van der Waals surface area contributed by atoms with Gasteiger partial charge in [-0.2, -0.15) is 5.10 Å². The fraction of sp³-hybridized carbons (Fsp3) is 0.381. The van der Waals surface area contributed by atoms with Crippen molar-refractivity contribution in [2.24, 2.45) is 0 Å². The van der Waals surface area contributed by atoms with Gasteiger partial charge in [0.2, 0.25) is 0 Å². The van der Waals surface area contributed by atoms with E-state index in [1.54, 1.807) is 24.3 Å². The standard InChI is InChI=1S/C21H25N5O2/c1-4-17-19-16(21(28)26-10-9-14(12-26)25(2)3)11-18(22-20(19)24-23-17)13-5-7-15(27)8-6-13/h5-8,11,14,27H,4,9-10,12H2,1-3H3,(H,22,23,24)/t14-/m0/s1. The number of pyridine rings is 1. The van der Waals surface area contributed by atoms with Gasteiger partial charge < -0.3 is 14.9 Å². The van der Waals surface area contributed by atoms with Crippen molar-refractivity contribution in [2.75, 3.05) is 27.2 Å². The van der Waals surface area contributed by atoms with Crippen molar-refractivity contribution in [2.45, 2.75) is 25.8 Å². The van der Waals surface area contributed by atoms with Crippen LogP contribution in [-0.4, -0.2) is 69.2 Å². The second-order valence-electron chi connectivity index (χ2n) is 7.51. The molecule has 1 atom stereocenters. The number of likely N-dealkylation sites (N-methyl/N-ethyl adjacent to an activating group) is 1. The Labute approximate surface area is 164 Å². The first-order valence-corrected chi connectivity index (χ1v) is 9.61. The van der Waals surface area contributed by atoms with Crippen LogP contribution in [-0.2, 0) is 6.42 Å². The Morgan fingerprint density at radius 3 is 2.71 bits per heavy atom. The summed E-state index contributed by atoms with van der Waals surface area (Å²) in [5.74, 6) is 0.217. The van der Waals surface area contributed by atoms with E-state index in [9.17, 15) is 9.90 Å². The van der Waals surface area contributed by atoms with Crippen LogP contribution in [0.5, 0.6) is 5.75 Å². The van der Waals surface area contributed by atoms with E-state index < -0.39 is 0 Å². The Morgan fingerprint density at radius 2 is 2.07 bits per heavy atom. The molecule has 0 aliphatic carbocycles. The first kappa shape index (κ1) is 18.4. The average Bonchev–Trinajstić information content (AvgIpc) is 3.34. The summed E-state index contributed by atoms with van der Waals surface area (Å²) < 4.78 is 0. The molecule has 0 bridgehead atoms. The Hall–Kier alpha value is -2.93. The molecule has 146 valence electrons. The Morgan fingerprint density at radius 1 is 1.32 bits per heavy atom. The highest BCUT2D eigenvalue weighted by Crippen LogP contribution is 2.29. The number of aromatic nitrogens is 3. The number of fused-ring (bicyclic) bond motifs is 1. The van der Waals surface area contributed by atoms with E-state index in [-0.39, 0.29) is 11.7 Å². The third-order valence-electron chi connectivity index (χ3n) is 5.53. The molecule has 3 aromatic rings. The van der Waals surface area contributed by atoms with Gasteiger partial charge in [-0.05, 0) is 57.3 Å². The summed E-state index contributed by atoms with van der Waals surface area (Å²) >= 11 is 0. The van der Waals surface area contributed by atoms with E-state index in [1.165, 1.54) is 0 Å². The van der Waals surface area contributed by atoms with Crippen LogP contribution in [0, 0.1) is 0 Å². The van der Waals surface area contributed by atoms with Crippen LogP contribution in [0.15, 0.2) is 30.3 Å². The fourth-order valence-corrected chi connectivity index (χ4v) is 3.81. The monoisotopic (exact) mass is 379 g/mol. The lowest BCUT2D eigenvalue weighted by molar-refractivity contribution is 0.0785. The molecule has 0 spiro atoms. The fourth-order valence-electron chi connectivity index (χ4n) is 3.81. The van der Waals surface area contributed by atoms with Crippen LogP contribution in [0.2, 0.25) is 0 Å². The van der Waals surface area contributed by atoms with Crippen LogP contribution < -0.4 is 0 Å². The lowest BCUT2D eigenvalue weighted by Crippen LogP contribution is -2.34. The van der Waals surface area contributed by atoms with Crippen LogP contribution in [0.4, 0.5) is 0 Å². The van der Waals surface area contributed by atoms with Gasteiger partial charge >= 0.3 is 0 Å². The molecule has 1 saturated heterocycles. The first-order valence-electron chi connectivity index (χ1n) is 9.61. The molecule has 7 heteroatoms. The molecule has 2 N–H and O–H groups in total. The molecule has 7 nitrogen and oxygen atoms in total. The number of H-pyrrole nitrogens is 1. The summed E-state index contributed by atoms with van der Waals surface area (Å²) in [6, 6.07) is 9.06. The van der Waals surface area contributed by atoms with Crippen molar-refractivity contribution in [3.63, 3.8) is 0 Å². The van der Waals surface area contributed by atoms with Crippen molar-refractivity contribution < 1.29 is 9.90 Å². The van der Waals surface area contributed by atoms with Crippen molar-refractivity contribution in [1.29, 1.82) is 0 Å². The van der Waals surface area contributed by atoms with Crippen LogP contribution in [0.25, 0.3) is 22.3 Å². The van der Waals surface area contributed by atoms with E-state index >= 15 is 0 Å². The van der Waals surface area contributed by atoms with Gasteiger partial charge in [0, 0.05) is 30.4 Å². The van der Waals surface area contributed by atoms with E-state index in [2.05, 4.69) is 34.2 Å². The van der Waals surface area contributed by atoms with Crippen LogP contribution in [0.3, 0.4) is 0 Å². The van der Waals surface area contributed by atoms with E-state index in [4.69, 9.17) is 0 Å². The van der Waals surface area contributed by atoms with E-state index in [1.807, 2.05) is 17.9 Å². The van der Waals surface area contributed by atoms with Crippen molar-refractivity contribution >= 4 is 16.9 Å². The molecule has 2 aromatic heterocycles. The summed E-state index contributed by atoms with van der Waals surface area (Å²) in [4.78, 5) is 22.2. The molecule has 4 rings (SSSR count). The number of aryl methyl sites for hydroxylation is 1. The quantitative estimate of drug-likeness (QED) is 0.728. The summed E-state index contributed by atoms with van der Waals surface area (Å²) in [5, 5.41) is 17.7. The van der Waals surface area contributed by atoms with Crippen LogP contribution in [0.1, 0.15) is 29.4 Å². The zero-order valence-corrected chi connectivity index (χ0v) is 16.4. The number of nitrogens with one attached hydrogen (secondary N) is 1. The normalized spacial score (nSPS) is 17.0. The molecule has 1 aromatic carbocycles. The molecule has 1 aliphatic rings. The zero-order valence-electron chi connectivity index (χ0n) is 16.4. The maximum absolute atomic E-state index is 13.4. The van der Waals surface area contributed by atoms with Gasteiger partial charge in [0.25, 0.3) is 5.91 Å². The third-order valence-corrected chi connectivity index (χ3v) is 5.53. The second-order valence-corrected chi connectivity index (χ2v) is 7.51. The number of phenolic OH excluding ortho intramolecular Hbond substituents is 1. The van der Waals surface area contributed by atoms with Crippen molar-refractivity contribution in [3.05, 3.63) is 41.6 Å². The maximum Gasteiger partial charge on any atom is 0.254 e. The minimum Gasteiger partial charge on any atom is -0.508 e. The average molecular weight is 379 g/mol. The molecule has 1 aliphatic heterocycles. The topological polar surface area (TPSA) is 85.3 Å². The number of rotatable bonds is 4. The third kappa shape index (κ3) is 3.22. The van der Waals surface area contributed by atoms with Crippen LogP contribution >= 0.6 is 0 Å². The lowest BCUT2D eigenvalue weighted by Gasteiger charge is -2.21. The van der Waals surface area contributed by atoms with Gasteiger partial charge in [-0.1, -0.05) is 6.92 Å². The lowest BCUT2D eigenvalue weighted by atomic mass is 10.0. The predicted molar refractivity (Wildman–Crippen MR) is 108 cm³/mol. The zero-order chi connectivity index (χ0) is 19.8. The number of carbonyl (C=O) groups is 1. The Kier molecular flexibility index (Phi) is 4.77. The first-order chi connectivity index (χ1) is 13.5. The van der Waals surface area contributed by atoms with E-state index in [0.717, 1.165) is 42.6 Å². The molecular weight excluding hydrogens is 354 g/mol. The van der Waals surface area contributed by atoms with Gasteiger partial charge in [-0.3, -0.25) is 9.89 Å². The minimum atomic E-state index is 0.0212. The van der Waals surface area contributed by atoms with Crippen molar-refractivity contribution in [3.8, 4) is 17.0 Å². The Balaban J connectivity index is 1.80. The smallest absolute Gasteiger partial charge is 0.254 e. The number of nitrogens with zero attached hydrogens (tertiary/aromatic N) is 4. The van der Waals surface area contributed by atoms with Gasteiger partial charge in [-0.15, -0.1) is 0 Å². The summed E-state index contributed by atoms with van der Waals surface area (Å²) in [6.45, 7) is 3.51. The molecule has 28 heavy (non-hydrogen) atoms. The highest BCUT2D eigenvalue weighted by molar-refractivity contribution is 6.07. The highest BCUT2D eigenvalue weighted by Gasteiger charge is 2.30. The predicted octanol–water partition coefficient (Wildman–Crippen LogP) is 2.67. The van der Waals surface area contributed by atoms with Crippen molar-refractivity contribution in [1.82, 2.24) is 25.0 Å². The minimum absolute atomic E-state index is 0.0212. The SMILES string of the molecule is CCc1[nH]nc2nc(-c3ccc(O)cc3)cc(C(=O)N3CC[C@H](N(C)C)C3)c12. The second kappa shape index (κ2) is 7.24.